The van der Waals surface area contributed by atoms with Gasteiger partial charge in [0, 0.05) is 0 Å². The Morgan fingerprint density at radius 1 is 0.533 bits per heavy atom. The summed E-state index contributed by atoms with van der Waals surface area (Å²) in [5.41, 5.74) is -30.5. The van der Waals surface area contributed by atoms with Crippen molar-refractivity contribution in [2.45, 2.75) is 71.2 Å². The number of rotatable bonds is 3. The highest BCUT2D eigenvalue weighted by Crippen LogP contribution is 2.88. The lowest BCUT2D eigenvalue weighted by Gasteiger charge is -2.74. The van der Waals surface area contributed by atoms with E-state index in [4.69, 9.17) is 5.11 Å². The number of hydrogen-bond donors (Lipinski definition) is 1. The van der Waals surface area contributed by atoms with Gasteiger partial charge < -0.3 is 9.84 Å². The molecule has 0 aromatic heterocycles. The zero-order valence-corrected chi connectivity index (χ0v) is 13.8. The van der Waals surface area contributed by atoms with E-state index in [1.165, 1.54) is 0 Å². The van der Waals surface area contributed by atoms with Crippen LogP contribution in [0.4, 0.5) is 65.9 Å². The highest BCUT2D eigenvalue weighted by Gasteiger charge is 3.23. The highest BCUT2D eigenvalue weighted by molar-refractivity contribution is 5.54. The summed E-state index contributed by atoms with van der Waals surface area (Å²) in [5, 5.41) is 8.84. The minimum Gasteiger partial charge on any atom is -0.391 e. The van der Waals surface area contributed by atoms with Gasteiger partial charge in [-0.3, -0.25) is 0 Å². The van der Waals surface area contributed by atoms with Gasteiger partial charge in [0.15, 0.2) is 0 Å². The van der Waals surface area contributed by atoms with E-state index in [1.54, 1.807) is 0 Å². The molecule has 17 heteroatoms. The van der Waals surface area contributed by atoms with Gasteiger partial charge >= 0.3 is 58.1 Å². The second-order valence-corrected chi connectivity index (χ2v) is 7.26. The molecule has 0 aromatic rings. The van der Waals surface area contributed by atoms with Crippen LogP contribution < -0.4 is 0 Å². The Morgan fingerprint density at radius 3 is 1.00 bits per heavy atom. The van der Waals surface area contributed by atoms with Crippen LogP contribution in [0.1, 0.15) is 6.92 Å². The van der Waals surface area contributed by atoms with Gasteiger partial charge in [0.1, 0.15) is 0 Å². The summed E-state index contributed by atoms with van der Waals surface area (Å²) in [5.74, 6) is -45.9. The maximum Gasteiger partial charge on any atom is 0.339 e. The molecule has 4 rings (SSSR count). The van der Waals surface area contributed by atoms with Gasteiger partial charge in [-0.2, -0.15) is 43.9 Å². The van der Waals surface area contributed by atoms with Crippen LogP contribution in [0.3, 0.4) is 0 Å². The van der Waals surface area contributed by atoms with Crippen molar-refractivity contribution in [2.75, 3.05) is 6.61 Å². The normalized spacial score (nSPS) is 52.3. The molecule has 0 aromatic carbocycles. The largest absolute Gasteiger partial charge is 0.391 e. The fourth-order valence-electron chi connectivity index (χ4n) is 4.24. The average molecular weight is 480 g/mol. The van der Waals surface area contributed by atoms with Gasteiger partial charge in [-0.1, -0.05) is 0 Å². The van der Waals surface area contributed by atoms with Crippen molar-refractivity contribution >= 4 is 0 Å². The predicted molar refractivity (Wildman–Crippen MR) is 61.6 cm³/mol. The van der Waals surface area contributed by atoms with E-state index < -0.39 is 70.9 Å². The van der Waals surface area contributed by atoms with Gasteiger partial charge in [-0.15, -0.1) is 0 Å². The SMILES string of the molecule is CC(O)COC1(F)C2(F)C(F)(F)C3(F)C(F)(F)C(F)(C2(F)F)C(F)(F)C1(F)C3(F)F. The lowest BCUT2D eigenvalue weighted by Crippen LogP contribution is -3.09. The topological polar surface area (TPSA) is 29.5 Å². The van der Waals surface area contributed by atoms with Crippen LogP contribution in [0.15, 0.2) is 0 Å². The number of halogens is 15. The second-order valence-electron chi connectivity index (χ2n) is 7.26. The molecule has 2 nitrogen and oxygen atoms in total. The first kappa shape index (κ1) is 23.5. The highest BCUT2D eigenvalue weighted by atomic mass is 19.3. The Hall–Kier alpha value is -1.13. The maximum absolute atomic E-state index is 15.0. The number of hydrogen-bond acceptors (Lipinski definition) is 2. The Labute approximate surface area is 154 Å². The molecular weight excluding hydrogens is 473 g/mol. The summed E-state index contributed by atoms with van der Waals surface area (Å²) in [6.07, 6.45) is -2.35. The summed E-state index contributed by atoms with van der Waals surface area (Å²) in [4.78, 5) is 0. The summed E-state index contributed by atoms with van der Waals surface area (Å²) in [6, 6.07) is 0. The van der Waals surface area contributed by atoms with Crippen molar-refractivity contribution < 1.29 is 75.7 Å². The maximum atomic E-state index is 15.0. The fourth-order valence-corrected chi connectivity index (χ4v) is 4.24. The monoisotopic (exact) mass is 480 g/mol. The molecule has 176 valence electrons. The number of ether oxygens (including phenoxy) is 1. The van der Waals surface area contributed by atoms with E-state index in [0.29, 0.717) is 6.92 Å². The number of alkyl halides is 15. The Morgan fingerprint density at radius 2 is 0.767 bits per heavy atom. The van der Waals surface area contributed by atoms with Crippen molar-refractivity contribution in [2.24, 2.45) is 0 Å². The van der Waals surface area contributed by atoms with Crippen molar-refractivity contribution in [3.63, 3.8) is 0 Å². The molecule has 1 N–H and O–H groups in total. The second kappa shape index (κ2) is 4.93. The molecule has 4 aliphatic rings. The third-order valence-electron chi connectivity index (χ3n) is 5.74. The Bertz CT molecular complexity index is 703. The lowest BCUT2D eigenvalue weighted by atomic mass is 9.40. The van der Waals surface area contributed by atoms with E-state index in [2.05, 4.69) is 4.74 Å². The molecule has 4 aliphatic carbocycles. The van der Waals surface area contributed by atoms with Gasteiger partial charge in [-0.05, 0) is 6.92 Å². The van der Waals surface area contributed by atoms with E-state index in [-0.39, 0.29) is 0 Å². The average Bonchev–Trinajstić information content (AvgIpc) is 2.58. The van der Waals surface area contributed by atoms with Crippen molar-refractivity contribution in [1.29, 1.82) is 0 Å². The van der Waals surface area contributed by atoms with E-state index in [0.717, 1.165) is 0 Å². The Kier molecular flexibility index (Phi) is 3.87. The molecule has 0 saturated heterocycles. The minimum absolute atomic E-state index is 0.420. The molecule has 30 heavy (non-hydrogen) atoms. The van der Waals surface area contributed by atoms with Crippen LogP contribution in [0.25, 0.3) is 0 Å². The van der Waals surface area contributed by atoms with E-state index in [9.17, 15) is 65.9 Å². The first-order valence-electron chi connectivity index (χ1n) is 7.57. The summed E-state index contributed by atoms with van der Waals surface area (Å²) in [7, 11) is 0. The third kappa shape index (κ3) is 1.41. The smallest absolute Gasteiger partial charge is 0.339 e. The van der Waals surface area contributed by atoms with Gasteiger partial charge in [-0.25, -0.2) is 22.0 Å². The van der Waals surface area contributed by atoms with Gasteiger partial charge in [0.2, 0.25) is 0 Å². The van der Waals surface area contributed by atoms with Crippen molar-refractivity contribution in [1.82, 2.24) is 0 Å². The molecule has 1 unspecified atom stereocenters. The molecule has 0 heterocycles. The Balaban J connectivity index is 2.61. The summed E-state index contributed by atoms with van der Waals surface area (Å²) in [6.45, 7) is -1.82. The molecule has 4 saturated carbocycles. The predicted octanol–water partition coefficient (Wildman–Crippen LogP) is 4.10. The first-order valence-corrected chi connectivity index (χ1v) is 7.57. The molecule has 0 radical (unpaired) electrons. The van der Waals surface area contributed by atoms with Crippen LogP contribution in [0.2, 0.25) is 0 Å². The van der Waals surface area contributed by atoms with Crippen LogP contribution in [0.5, 0.6) is 0 Å². The zero-order chi connectivity index (χ0) is 24.0. The molecular formula is C13H7F15O2. The molecule has 0 spiro atoms. The van der Waals surface area contributed by atoms with Gasteiger partial charge in [0.25, 0.3) is 0 Å². The minimum atomic E-state index is -7.86. The zero-order valence-electron chi connectivity index (χ0n) is 13.8. The van der Waals surface area contributed by atoms with Crippen molar-refractivity contribution in [3.05, 3.63) is 0 Å². The van der Waals surface area contributed by atoms with Crippen LogP contribution in [-0.4, -0.2) is 76.0 Å². The molecule has 1 atom stereocenters. The quantitative estimate of drug-likeness (QED) is 0.617. The van der Waals surface area contributed by atoms with Crippen LogP contribution >= 0.6 is 0 Å². The van der Waals surface area contributed by atoms with Crippen LogP contribution in [-0.2, 0) is 4.74 Å². The van der Waals surface area contributed by atoms with E-state index >= 15 is 0 Å². The molecule has 0 amide bonds. The molecule has 4 fully saturated rings. The van der Waals surface area contributed by atoms with E-state index in [1.807, 2.05) is 0 Å². The van der Waals surface area contributed by atoms with Crippen LogP contribution in [0, 0.1) is 0 Å². The van der Waals surface area contributed by atoms with Crippen molar-refractivity contribution in [3.8, 4) is 0 Å². The third-order valence-corrected chi connectivity index (χ3v) is 5.74. The standard InChI is InChI=1S/C13H7F15O2/c1-3(29)2-30-13(28)6(16)9(20,21)4(14)8(18,19)5(15,11(6,24)25)12(26,27)7(13,17)10(4,22)23/h3,29H,2H2,1H3. The first-order chi connectivity index (χ1) is 12.9. The number of aliphatic hydroxyl groups excluding tert-OH is 1. The molecule has 0 aliphatic heterocycles. The van der Waals surface area contributed by atoms with Gasteiger partial charge in [0.05, 0.1) is 12.7 Å². The summed E-state index contributed by atoms with van der Waals surface area (Å²) < 4.78 is 219. The fraction of sp³-hybridized carbons (Fsp3) is 1.00. The number of aliphatic hydroxyl groups is 1. The summed E-state index contributed by atoms with van der Waals surface area (Å²) >= 11 is 0. The molecule has 4 bridgehead atoms. The lowest BCUT2D eigenvalue weighted by molar-refractivity contribution is -0.617.